The zero-order valence-corrected chi connectivity index (χ0v) is 24.2. The van der Waals surface area contributed by atoms with Crippen molar-refractivity contribution in [2.24, 2.45) is 0 Å². The Bertz CT molecular complexity index is 1410. The summed E-state index contributed by atoms with van der Waals surface area (Å²) in [5, 5.41) is 15.2. The first-order chi connectivity index (χ1) is 20.7. The molecule has 222 valence electrons. The molecule has 1 saturated heterocycles. The Labute approximate surface area is 247 Å². The quantitative estimate of drug-likeness (QED) is 0.108. The molecule has 4 aromatic rings. The number of hydrogen-bond donors (Lipinski definition) is 2. The molecule has 4 aromatic carbocycles. The summed E-state index contributed by atoms with van der Waals surface area (Å²) in [6, 6.07) is 28.1. The zero-order valence-electron chi connectivity index (χ0n) is 24.2. The van der Waals surface area contributed by atoms with Crippen molar-refractivity contribution < 1.29 is 33.8 Å². The van der Waals surface area contributed by atoms with Crippen molar-refractivity contribution in [1.82, 2.24) is 5.32 Å². The van der Waals surface area contributed by atoms with Gasteiger partial charge in [-0.2, -0.15) is 0 Å². The largest absolute Gasteiger partial charge is 0.496 e. The van der Waals surface area contributed by atoms with E-state index in [1.54, 1.807) is 14.2 Å². The van der Waals surface area contributed by atoms with E-state index >= 15 is 0 Å². The number of ether oxygens (including phenoxy) is 5. The minimum absolute atomic E-state index is 0.156. The maximum atomic E-state index is 9.70. The Morgan fingerprint density at radius 2 is 1.55 bits per heavy atom. The molecule has 0 unspecified atom stereocenters. The third-order valence-electron chi connectivity index (χ3n) is 7.61. The van der Waals surface area contributed by atoms with Crippen LogP contribution in [0, 0.1) is 0 Å². The average Bonchev–Trinajstić information content (AvgIpc) is 3.05. The predicted molar refractivity (Wildman–Crippen MR) is 161 cm³/mol. The van der Waals surface area contributed by atoms with Crippen LogP contribution in [-0.2, 0) is 27.6 Å². The Kier molecular flexibility index (Phi) is 10.6. The third-order valence-corrected chi connectivity index (χ3v) is 7.61. The van der Waals surface area contributed by atoms with Crippen molar-refractivity contribution in [3.63, 3.8) is 0 Å². The van der Waals surface area contributed by atoms with Gasteiger partial charge in [0.05, 0.1) is 46.8 Å². The van der Waals surface area contributed by atoms with Crippen LogP contribution in [0.15, 0.2) is 84.9 Å². The number of piperidine rings is 1. The Morgan fingerprint density at radius 1 is 0.786 bits per heavy atom. The van der Waals surface area contributed by atoms with Crippen molar-refractivity contribution >= 4 is 10.8 Å². The molecule has 0 radical (unpaired) electrons. The van der Waals surface area contributed by atoms with Crippen LogP contribution >= 0.6 is 0 Å². The maximum Gasteiger partial charge on any atom is 0.127 e. The normalized spacial score (nSPS) is 18.6. The van der Waals surface area contributed by atoms with Gasteiger partial charge >= 0.3 is 0 Å². The van der Waals surface area contributed by atoms with Crippen LogP contribution in [0.2, 0.25) is 0 Å². The molecular weight excluding hydrogens is 534 g/mol. The summed E-state index contributed by atoms with van der Waals surface area (Å²) in [5.74, 6) is 2.27. The van der Waals surface area contributed by atoms with E-state index in [-0.39, 0.29) is 12.0 Å². The number of rotatable bonds is 14. The molecule has 8 nitrogen and oxygen atoms in total. The summed E-state index contributed by atoms with van der Waals surface area (Å²) in [6.45, 7) is 3.20. The summed E-state index contributed by atoms with van der Waals surface area (Å²) in [7, 11) is 3.35. The highest BCUT2D eigenvalue weighted by atomic mass is 17.1. The van der Waals surface area contributed by atoms with Gasteiger partial charge in [-0.15, -0.1) is 0 Å². The summed E-state index contributed by atoms with van der Waals surface area (Å²) < 4.78 is 29.2. The monoisotopic (exact) mass is 573 g/mol. The van der Waals surface area contributed by atoms with Gasteiger partial charge in [0.25, 0.3) is 0 Å². The van der Waals surface area contributed by atoms with Crippen molar-refractivity contribution in [2.75, 3.05) is 40.5 Å². The number of nitrogens with one attached hydrogen (secondary N) is 1. The molecule has 0 bridgehead atoms. The summed E-state index contributed by atoms with van der Waals surface area (Å²) in [6.07, 6.45) is 0.115. The Hall–Kier alpha value is -3.66. The summed E-state index contributed by atoms with van der Waals surface area (Å²) >= 11 is 0. The molecule has 1 fully saturated rings. The fraction of sp³-hybridized carbons (Fsp3) is 0.353. The van der Waals surface area contributed by atoms with Crippen molar-refractivity contribution in [2.45, 2.75) is 37.8 Å². The van der Waals surface area contributed by atoms with E-state index in [2.05, 4.69) is 17.4 Å². The second kappa shape index (κ2) is 15.0. The number of hydrogen-bond acceptors (Lipinski definition) is 8. The molecule has 8 heteroatoms. The Balaban J connectivity index is 1.15. The molecule has 0 saturated carbocycles. The van der Waals surface area contributed by atoms with E-state index in [1.165, 1.54) is 0 Å². The first-order valence-corrected chi connectivity index (χ1v) is 14.3. The van der Waals surface area contributed by atoms with Gasteiger partial charge in [0.15, 0.2) is 0 Å². The molecule has 5 rings (SSSR count). The van der Waals surface area contributed by atoms with Crippen LogP contribution in [0.4, 0.5) is 0 Å². The zero-order chi connectivity index (χ0) is 29.1. The number of fused-ring (bicyclic) bond motifs is 1. The van der Waals surface area contributed by atoms with Gasteiger partial charge < -0.3 is 29.0 Å². The van der Waals surface area contributed by atoms with E-state index < -0.39 is 6.10 Å². The molecule has 42 heavy (non-hydrogen) atoms. The fourth-order valence-corrected chi connectivity index (χ4v) is 5.49. The lowest BCUT2D eigenvalue weighted by Crippen LogP contribution is -2.50. The standard InChI is InChI=1S/C34H39NO7/c1-37-30-11-6-4-9-27(30)23-39-16-7-17-40-28-14-12-25(13-15-28)34-32(20-35-21-33(34)42-36)41-22-24-18-26-8-3-5-10-29(26)31(19-24)38-2/h3-6,8-15,18-19,32-36H,7,16-17,20-23H2,1-2H3/t32-,33+,34+/m0/s1. The van der Waals surface area contributed by atoms with Gasteiger partial charge in [-0.25, -0.2) is 4.89 Å². The van der Waals surface area contributed by atoms with E-state index in [4.69, 9.17) is 28.6 Å². The first kappa shape index (κ1) is 29.8. The van der Waals surface area contributed by atoms with Crippen molar-refractivity contribution in [1.29, 1.82) is 0 Å². The van der Waals surface area contributed by atoms with Crippen LogP contribution in [0.3, 0.4) is 0 Å². The molecular formula is C34H39NO7. The minimum atomic E-state index is -0.443. The Morgan fingerprint density at radius 3 is 2.36 bits per heavy atom. The number of para-hydroxylation sites is 1. The maximum absolute atomic E-state index is 9.70. The lowest BCUT2D eigenvalue weighted by molar-refractivity contribution is -0.291. The smallest absolute Gasteiger partial charge is 0.127 e. The van der Waals surface area contributed by atoms with Crippen LogP contribution < -0.4 is 19.5 Å². The second-order valence-electron chi connectivity index (χ2n) is 10.3. The molecule has 2 N–H and O–H groups in total. The van der Waals surface area contributed by atoms with Gasteiger partial charge in [0, 0.05) is 36.4 Å². The molecule has 0 amide bonds. The van der Waals surface area contributed by atoms with E-state index in [0.717, 1.165) is 51.1 Å². The second-order valence-corrected chi connectivity index (χ2v) is 10.3. The SMILES string of the molecule is COc1ccccc1COCCCOc1ccc([C@@H]2[C@@H](OCc3cc(OC)c4ccccc4c3)CNC[C@H]2OO)cc1. The fourth-order valence-electron chi connectivity index (χ4n) is 5.49. The molecule has 1 heterocycles. The number of methoxy groups -OCH3 is 2. The van der Waals surface area contributed by atoms with Crippen LogP contribution in [0.5, 0.6) is 17.2 Å². The summed E-state index contributed by atoms with van der Waals surface area (Å²) in [5.41, 5.74) is 3.06. The molecule has 0 spiro atoms. The van der Waals surface area contributed by atoms with Crippen LogP contribution in [0.25, 0.3) is 10.8 Å². The molecule has 1 aliphatic heterocycles. The highest BCUT2D eigenvalue weighted by molar-refractivity contribution is 5.89. The summed E-state index contributed by atoms with van der Waals surface area (Å²) in [4.78, 5) is 4.90. The molecule has 0 aromatic heterocycles. The van der Waals surface area contributed by atoms with Gasteiger partial charge in [-0.1, -0.05) is 54.6 Å². The van der Waals surface area contributed by atoms with Gasteiger partial charge in [0.2, 0.25) is 0 Å². The van der Waals surface area contributed by atoms with E-state index in [9.17, 15) is 5.26 Å². The number of benzene rings is 4. The lowest BCUT2D eigenvalue weighted by Gasteiger charge is -2.37. The average molecular weight is 574 g/mol. The van der Waals surface area contributed by atoms with E-state index in [0.29, 0.717) is 39.5 Å². The van der Waals surface area contributed by atoms with E-state index in [1.807, 2.05) is 72.8 Å². The highest BCUT2D eigenvalue weighted by Gasteiger charge is 2.36. The van der Waals surface area contributed by atoms with Gasteiger partial charge in [-0.3, -0.25) is 5.26 Å². The molecule has 0 aliphatic carbocycles. The van der Waals surface area contributed by atoms with Crippen molar-refractivity contribution in [3.05, 3.63) is 102 Å². The topological polar surface area (TPSA) is 87.6 Å². The van der Waals surface area contributed by atoms with Crippen molar-refractivity contribution in [3.8, 4) is 17.2 Å². The van der Waals surface area contributed by atoms with Gasteiger partial charge in [0.1, 0.15) is 23.4 Å². The van der Waals surface area contributed by atoms with Crippen LogP contribution in [-0.4, -0.2) is 58.0 Å². The molecule has 1 aliphatic rings. The molecule has 3 atom stereocenters. The lowest BCUT2D eigenvalue weighted by atomic mass is 9.85. The highest BCUT2D eigenvalue weighted by Crippen LogP contribution is 2.33. The predicted octanol–water partition coefficient (Wildman–Crippen LogP) is 5.97. The third kappa shape index (κ3) is 7.40. The first-order valence-electron chi connectivity index (χ1n) is 14.3. The minimum Gasteiger partial charge on any atom is -0.496 e. The van der Waals surface area contributed by atoms with Crippen LogP contribution in [0.1, 0.15) is 29.0 Å². The van der Waals surface area contributed by atoms with Gasteiger partial charge in [-0.05, 0) is 46.8 Å².